The van der Waals surface area contributed by atoms with Gasteiger partial charge in [-0.25, -0.2) is 0 Å². The van der Waals surface area contributed by atoms with Gasteiger partial charge in [-0.15, -0.1) is 0 Å². The quantitative estimate of drug-likeness (QED) is 0.714. The van der Waals surface area contributed by atoms with Crippen LogP contribution in [-0.4, -0.2) is 11.8 Å². The number of hydrazine groups is 1. The van der Waals surface area contributed by atoms with Crippen LogP contribution in [0.2, 0.25) is 0 Å². The topological polar surface area (TPSA) is 67.4 Å². The normalized spacial score (nSPS) is 30.1. The number of carbonyl (C=O) groups is 2. The molecule has 160 valence electrons. The van der Waals surface area contributed by atoms with Crippen LogP contribution in [0, 0.1) is 23.2 Å². The first-order valence-electron chi connectivity index (χ1n) is 11.5. The molecule has 4 bridgehead atoms. The third kappa shape index (κ3) is 3.31. The second-order valence-electron chi connectivity index (χ2n) is 10.2. The third-order valence-corrected chi connectivity index (χ3v) is 7.97. The summed E-state index contributed by atoms with van der Waals surface area (Å²) < 4.78 is 5.97. The summed E-state index contributed by atoms with van der Waals surface area (Å²) in [5, 5.41) is 0. The number of benzene rings is 2. The Balaban J connectivity index is 1.16. The Labute approximate surface area is 182 Å². The second-order valence-corrected chi connectivity index (χ2v) is 10.2. The molecule has 1 heterocycles. The molecule has 2 aromatic rings. The lowest BCUT2D eigenvalue weighted by molar-refractivity contribution is -0.134. The van der Waals surface area contributed by atoms with Gasteiger partial charge in [0.15, 0.2) is 0 Å². The van der Waals surface area contributed by atoms with Crippen LogP contribution in [-0.2, 0) is 9.59 Å². The number of para-hydroxylation sites is 2. The Kier molecular flexibility index (Phi) is 4.34. The summed E-state index contributed by atoms with van der Waals surface area (Å²) in [6.45, 7) is 0. The zero-order valence-electron chi connectivity index (χ0n) is 17.6. The van der Waals surface area contributed by atoms with Crippen molar-refractivity contribution in [3.8, 4) is 11.5 Å². The number of nitrogens with one attached hydrogen (secondary N) is 2. The van der Waals surface area contributed by atoms with Crippen LogP contribution in [0.25, 0.3) is 0 Å². The molecule has 0 aromatic heterocycles. The van der Waals surface area contributed by atoms with Gasteiger partial charge in [0.25, 0.3) is 5.91 Å². The average Bonchev–Trinajstić information content (AvgIpc) is 2.74. The highest BCUT2D eigenvalue weighted by molar-refractivity contribution is 5.91. The van der Waals surface area contributed by atoms with E-state index >= 15 is 0 Å². The largest absolute Gasteiger partial charge is 0.457 e. The number of fused-ring (bicyclic) bond motifs is 2. The standard InChI is InChI=1S/C26H28N2O3/c29-23(15-26-12-16-9-17(13-26)11-18(10-16)14-26)27-28-25(30)24-19-5-1-3-7-21(19)31-22-8-4-2-6-20(22)24/h1-8,16-18,24H,9-15H2,(H,27,29)(H,28,30). The van der Waals surface area contributed by atoms with Gasteiger partial charge < -0.3 is 4.74 Å². The summed E-state index contributed by atoms with van der Waals surface area (Å²) in [5.41, 5.74) is 7.24. The fraction of sp³-hybridized carbons (Fsp3) is 0.462. The van der Waals surface area contributed by atoms with Crippen LogP contribution in [0.1, 0.15) is 62.0 Å². The summed E-state index contributed by atoms with van der Waals surface area (Å²) in [7, 11) is 0. The zero-order chi connectivity index (χ0) is 21.0. The van der Waals surface area contributed by atoms with Crippen molar-refractivity contribution in [1.29, 1.82) is 0 Å². The lowest BCUT2D eigenvalue weighted by atomic mass is 9.49. The molecule has 2 amide bonds. The molecule has 5 heteroatoms. The third-order valence-electron chi connectivity index (χ3n) is 7.97. The van der Waals surface area contributed by atoms with E-state index in [0.29, 0.717) is 17.9 Å². The van der Waals surface area contributed by atoms with E-state index in [-0.39, 0.29) is 17.2 Å². The maximum atomic E-state index is 13.2. The molecular weight excluding hydrogens is 388 g/mol. The summed E-state index contributed by atoms with van der Waals surface area (Å²) in [5.74, 6) is 2.98. The summed E-state index contributed by atoms with van der Waals surface area (Å²) >= 11 is 0. The minimum atomic E-state index is -0.513. The van der Waals surface area contributed by atoms with E-state index in [1.54, 1.807) is 0 Å². The maximum Gasteiger partial charge on any atom is 0.250 e. The predicted octanol–water partition coefficient (Wildman–Crippen LogP) is 4.68. The van der Waals surface area contributed by atoms with Crippen molar-refractivity contribution in [2.75, 3.05) is 0 Å². The molecule has 5 aliphatic rings. The monoisotopic (exact) mass is 416 g/mol. The van der Waals surface area contributed by atoms with Crippen molar-refractivity contribution in [3.05, 3.63) is 59.7 Å². The van der Waals surface area contributed by atoms with Crippen LogP contribution < -0.4 is 15.6 Å². The first-order chi connectivity index (χ1) is 15.1. The Morgan fingerprint density at radius 2 is 1.32 bits per heavy atom. The van der Waals surface area contributed by atoms with Gasteiger partial charge in [-0.3, -0.25) is 20.4 Å². The molecule has 2 aromatic carbocycles. The van der Waals surface area contributed by atoms with Gasteiger partial charge in [-0.05, 0) is 73.8 Å². The summed E-state index contributed by atoms with van der Waals surface area (Å²) in [6, 6.07) is 15.2. The van der Waals surface area contributed by atoms with Crippen LogP contribution >= 0.6 is 0 Å². The lowest BCUT2D eigenvalue weighted by Gasteiger charge is -2.56. The predicted molar refractivity (Wildman–Crippen MR) is 116 cm³/mol. The molecule has 1 aliphatic heterocycles. The molecule has 4 fully saturated rings. The zero-order valence-corrected chi connectivity index (χ0v) is 17.6. The number of amides is 2. The van der Waals surface area contributed by atoms with Crippen molar-refractivity contribution in [2.45, 2.75) is 50.9 Å². The minimum Gasteiger partial charge on any atom is -0.457 e. The number of carbonyl (C=O) groups excluding carboxylic acids is 2. The first kappa shape index (κ1) is 18.9. The first-order valence-corrected chi connectivity index (χ1v) is 11.5. The molecule has 7 rings (SSSR count). The van der Waals surface area contributed by atoms with Gasteiger partial charge in [0.1, 0.15) is 11.5 Å². The average molecular weight is 417 g/mol. The fourth-order valence-electron chi connectivity index (χ4n) is 7.29. The van der Waals surface area contributed by atoms with Crippen LogP contribution in [0.15, 0.2) is 48.5 Å². The molecule has 4 saturated carbocycles. The summed E-state index contributed by atoms with van der Waals surface area (Å²) in [6.07, 6.45) is 8.15. The van der Waals surface area contributed by atoms with E-state index < -0.39 is 5.92 Å². The molecule has 0 spiro atoms. The van der Waals surface area contributed by atoms with Gasteiger partial charge in [0.2, 0.25) is 5.91 Å². The van der Waals surface area contributed by atoms with E-state index in [4.69, 9.17) is 4.74 Å². The molecule has 5 nitrogen and oxygen atoms in total. The van der Waals surface area contributed by atoms with Gasteiger partial charge in [0.05, 0.1) is 5.92 Å². The Morgan fingerprint density at radius 1 is 0.806 bits per heavy atom. The number of hydrogen-bond acceptors (Lipinski definition) is 3. The van der Waals surface area contributed by atoms with E-state index in [2.05, 4.69) is 10.9 Å². The van der Waals surface area contributed by atoms with Crippen molar-refractivity contribution < 1.29 is 14.3 Å². The molecule has 0 saturated heterocycles. The number of ether oxygens (including phenoxy) is 1. The number of rotatable bonds is 3. The molecular formula is C26H28N2O3. The van der Waals surface area contributed by atoms with Crippen LogP contribution in [0.4, 0.5) is 0 Å². The molecule has 0 unspecified atom stereocenters. The highest BCUT2D eigenvalue weighted by Gasteiger charge is 2.51. The Hall–Kier alpha value is -2.82. The van der Waals surface area contributed by atoms with E-state index in [0.717, 1.165) is 28.9 Å². The number of hydrogen-bond donors (Lipinski definition) is 2. The van der Waals surface area contributed by atoms with Gasteiger partial charge >= 0.3 is 0 Å². The summed E-state index contributed by atoms with van der Waals surface area (Å²) in [4.78, 5) is 26.1. The minimum absolute atomic E-state index is 0.0658. The highest BCUT2D eigenvalue weighted by atomic mass is 16.5. The molecule has 2 N–H and O–H groups in total. The van der Waals surface area contributed by atoms with E-state index in [1.165, 1.54) is 38.5 Å². The van der Waals surface area contributed by atoms with Crippen LogP contribution in [0.5, 0.6) is 11.5 Å². The van der Waals surface area contributed by atoms with E-state index in [9.17, 15) is 9.59 Å². The molecule has 0 atom stereocenters. The van der Waals surface area contributed by atoms with Gasteiger partial charge in [-0.1, -0.05) is 36.4 Å². The van der Waals surface area contributed by atoms with Crippen LogP contribution in [0.3, 0.4) is 0 Å². The molecule has 4 aliphatic carbocycles. The van der Waals surface area contributed by atoms with Crippen molar-refractivity contribution in [2.24, 2.45) is 23.2 Å². The smallest absolute Gasteiger partial charge is 0.250 e. The SMILES string of the molecule is O=C(CC12CC3CC(CC(C3)C1)C2)NNC(=O)C1c2ccccc2Oc2ccccc21. The highest BCUT2D eigenvalue weighted by Crippen LogP contribution is 2.61. The fourth-order valence-corrected chi connectivity index (χ4v) is 7.29. The molecule has 31 heavy (non-hydrogen) atoms. The van der Waals surface area contributed by atoms with Gasteiger partial charge in [-0.2, -0.15) is 0 Å². The lowest BCUT2D eigenvalue weighted by Crippen LogP contribution is -2.50. The van der Waals surface area contributed by atoms with Crippen molar-refractivity contribution in [3.63, 3.8) is 0 Å². The van der Waals surface area contributed by atoms with Crippen molar-refractivity contribution in [1.82, 2.24) is 10.9 Å². The van der Waals surface area contributed by atoms with Gasteiger partial charge in [0, 0.05) is 17.5 Å². The maximum absolute atomic E-state index is 13.2. The van der Waals surface area contributed by atoms with Crippen molar-refractivity contribution >= 4 is 11.8 Å². The Bertz CT molecular complexity index is 966. The molecule has 0 radical (unpaired) electrons. The Morgan fingerprint density at radius 3 is 1.87 bits per heavy atom. The van der Waals surface area contributed by atoms with E-state index in [1.807, 2.05) is 48.5 Å². The second kappa shape index (κ2) is 7.11.